The van der Waals surface area contributed by atoms with E-state index in [1.165, 1.54) is 19.9 Å². The van der Waals surface area contributed by atoms with E-state index in [-0.39, 0.29) is 5.56 Å². The minimum absolute atomic E-state index is 0.220. The van der Waals surface area contributed by atoms with E-state index in [0.717, 1.165) is 12.1 Å². The highest BCUT2D eigenvalue weighted by atomic mass is 79.9. The second kappa shape index (κ2) is 3.79. The third-order valence-electron chi connectivity index (χ3n) is 1.95. The molecule has 0 aliphatic heterocycles. The van der Waals surface area contributed by atoms with Gasteiger partial charge in [0.1, 0.15) is 0 Å². The van der Waals surface area contributed by atoms with Gasteiger partial charge in [-0.05, 0) is 37.6 Å². The van der Waals surface area contributed by atoms with Crippen LogP contribution in [0.15, 0.2) is 22.7 Å². The number of hydrogen-bond acceptors (Lipinski definition) is 1. The third kappa shape index (κ3) is 2.95. The van der Waals surface area contributed by atoms with Crippen molar-refractivity contribution in [2.45, 2.75) is 25.6 Å². The number of rotatable bonds is 1. The molecule has 0 amide bonds. The smallest absolute Gasteiger partial charge is 0.386 e. The molecule has 1 N–H and O–H groups in total. The maximum absolute atomic E-state index is 12.4. The van der Waals surface area contributed by atoms with Crippen molar-refractivity contribution in [2.24, 2.45) is 0 Å². The fourth-order valence-corrected chi connectivity index (χ4v) is 1.90. The summed E-state index contributed by atoms with van der Waals surface area (Å²) < 4.78 is 37.6. The van der Waals surface area contributed by atoms with Crippen LogP contribution in [0.3, 0.4) is 0 Å². The third-order valence-corrected chi connectivity index (χ3v) is 2.64. The summed E-state index contributed by atoms with van der Waals surface area (Å²) in [7, 11) is 0. The molecule has 0 saturated heterocycles. The number of hydrogen-bond donors (Lipinski definition) is 1. The van der Waals surface area contributed by atoms with E-state index in [9.17, 15) is 18.3 Å². The van der Waals surface area contributed by atoms with Crippen LogP contribution in [0.25, 0.3) is 0 Å². The number of halogens is 4. The van der Waals surface area contributed by atoms with Crippen molar-refractivity contribution in [1.29, 1.82) is 0 Å². The molecule has 0 unspecified atom stereocenters. The highest BCUT2D eigenvalue weighted by molar-refractivity contribution is 9.10. The lowest BCUT2D eigenvalue weighted by molar-refractivity contribution is -0.137. The van der Waals surface area contributed by atoms with Gasteiger partial charge in [0.2, 0.25) is 0 Å². The van der Waals surface area contributed by atoms with Crippen molar-refractivity contribution in [3.05, 3.63) is 33.8 Å². The van der Waals surface area contributed by atoms with Crippen LogP contribution in [0.4, 0.5) is 13.2 Å². The average molecular weight is 283 g/mol. The standard InChI is InChI=1S/C10H10BrF3O/c1-9(2,15)7-5-6(10(12,13)14)3-4-8(7)11/h3-5,15H,1-2H3. The summed E-state index contributed by atoms with van der Waals surface area (Å²) in [5.74, 6) is 0. The zero-order valence-electron chi connectivity index (χ0n) is 8.19. The molecule has 0 heterocycles. The zero-order valence-corrected chi connectivity index (χ0v) is 9.78. The SMILES string of the molecule is CC(C)(O)c1cc(C(F)(F)F)ccc1Br. The van der Waals surface area contributed by atoms with Gasteiger partial charge >= 0.3 is 6.18 Å². The number of aliphatic hydroxyl groups is 1. The molecule has 1 nitrogen and oxygen atoms in total. The predicted octanol–water partition coefficient (Wildman–Crippen LogP) is 3.70. The van der Waals surface area contributed by atoms with Crippen LogP contribution in [0.2, 0.25) is 0 Å². The van der Waals surface area contributed by atoms with Crippen LogP contribution in [-0.4, -0.2) is 5.11 Å². The summed E-state index contributed by atoms with van der Waals surface area (Å²) in [4.78, 5) is 0. The summed E-state index contributed by atoms with van der Waals surface area (Å²) in [5.41, 5.74) is -1.85. The first-order chi connectivity index (χ1) is 6.62. The van der Waals surface area contributed by atoms with E-state index < -0.39 is 17.3 Å². The van der Waals surface area contributed by atoms with Gasteiger partial charge in [0, 0.05) is 4.47 Å². The highest BCUT2D eigenvalue weighted by Crippen LogP contribution is 2.35. The van der Waals surface area contributed by atoms with E-state index >= 15 is 0 Å². The lowest BCUT2D eigenvalue weighted by Gasteiger charge is -2.21. The number of benzene rings is 1. The molecule has 1 rings (SSSR count). The van der Waals surface area contributed by atoms with Crippen molar-refractivity contribution in [1.82, 2.24) is 0 Å². The summed E-state index contributed by atoms with van der Waals surface area (Å²) in [6.07, 6.45) is -4.39. The first kappa shape index (κ1) is 12.5. The van der Waals surface area contributed by atoms with E-state index in [0.29, 0.717) is 4.47 Å². The van der Waals surface area contributed by atoms with Gasteiger partial charge in [-0.2, -0.15) is 13.2 Å². The fraction of sp³-hybridized carbons (Fsp3) is 0.400. The van der Waals surface area contributed by atoms with Gasteiger partial charge in [-0.3, -0.25) is 0 Å². The van der Waals surface area contributed by atoms with Crippen molar-refractivity contribution in [2.75, 3.05) is 0 Å². The van der Waals surface area contributed by atoms with E-state index in [2.05, 4.69) is 15.9 Å². The van der Waals surface area contributed by atoms with Gasteiger partial charge in [-0.15, -0.1) is 0 Å². The molecule has 5 heteroatoms. The zero-order chi connectivity index (χ0) is 11.9. The van der Waals surface area contributed by atoms with E-state index in [1.54, 1.807) is 0 Å². The Morgan fingerprint density at radius 1 is 1.20 bits per heavy atom. The molecule has 0 aliphatic rings. The molecule has 0 aliphatic carbocycles. The Morgan fingerprint density at radius 3 is 2.13 bits per heavy atom. The summed E-state index contributed by atoms with van der Waals surface area (Å²) in [6.45, 7) is 2.88. The van der Waals surface area contributed by atoms with E-state index in [1.807, 2.05) is 0 Å². The molecular weight excluding hydrogens is 273 g/mol. The lowest BCUT2D eigenvalue weighted by atomic mass is 9.96. The Labute approximate surface area is 94.0 Å². The molecule has 1 aromatic rings. The summed E-state index contributed by atoms with van der Waals surface area (Å²) in [6, 6.07) is 3.21. The summed E-state index contributed by atoms with van der Waals surface area (Å²) in [5, 5.41) is 9.66. The fourth-order valence-electron chi connectivity index (χ4n) is 1.17. The molecule has 15 heavy (non-hydrogen) atoms. The Kier molecular flexibility index (Phi) is 3.16. The Morgan fingerprint density at radius 2 is 1.73 bits per heavy atom. The topological polar surface area (TPSA) is 20.2 Å². The average Bonchev–Trinajstić information content (AvgIpc) is 2.00. The Hall–Kier alpha value is -0.550. The van der Waals surface area contributed by atoms with Crippen LogP contribution in [0.5, 0.6) is 0 Å². The molecule has 1 aromatic carbocycles. The minimum atomic E-state index is -4.39. The van der Waals surface area contributed by atoms with Gasteiger partial charge in [-0.1, -0.05) is 15.9 Å². The molecule has 0 fully saturated rings. The van der Waals surface area contributed by atoms with Crippen LogP contribution >= 0.6 is 15.9 Å². The van der Waals surface area contributed by atoms with Crippen molar-refractivity contribution in [3.63, 3.8) is 0 Å². The van der Waals surface area contributed by atoms with Gasteiger partial charge < -0.3 is 5.11 Å². The van der Waals surface area contributed by atoms with Crippen LogP contribution in [0, 0.1) is 0 Å². The normalized spacial score (nSPS) is 13.0. The number of alkyl halides is 3. The molecule has 0 bridgehead atoms. The van der Waals surface area contributed by atoms with Crippen molar-refractivity contribution >= 4 is 15.9 Å². The Balaban J connectivity index is 3.30. The molecule has 84 valence electrons. The van der Waals surface area contributed by atoms with Gasteiger partial charge in [0.25, 0.3) is 0 Å². The van der Waals surface area contributed by atoms with Crippen LogP contribution in [0.1, 0.15) is 25.0 Å². The van der Waals surface area contributed by atoms with Crippen molar-refractivity contribution < 1.29 is 18.3 Å². The van der Waals surface area contributed by atoms with Crippen LogP contribution < -0.4 is 0 Å². The minimum Gasteiger partial charge on any atom is -0.386 e. The molecule has 0 spiro atoms. The first-order valence-corrected chi connectivity index (χ1v) is 5.01. The maximum Gasteiger partial charge on any atom is 0.416 e. The van der Waals surface area contributed by atoms with Gasteiger partial charge in [0.15, 0.2) is 0 Å². The van der Waals surface area contributed by atoms with Crippen LogP contribution in [-0.2, 0) is 11.8 Å². The second-order valence-corrected chi connectivity index (χ2v) is 4.61. The van der Waals surface area contributed by atoms with Gasteiger partial charge in [0.05, 0.1) is 11.2 Å². The summed E-state index contributed by atoms with van der Waals surface area (Å²) >= 11 is 3.11. The van der Waals surface area contributed by atoms with Crippen molar-refractivity contribution in [3.8, 4) is 0 Å². The predicted molar refractivity (Wildman–Crippen MR) is 54.4 cm³/mol. The quantitative estimate of drug-likeness (QED) is 0.833. The van der Waals surface area contributed by atoms with Gasteiger partial charge in [-0.25, -0.2) is 0 Å². The molecule has 0 aromatic heterocycles. The monoisotopic (exact) mass is 282 g/mol. The maximum atomic E-state index is 12.4. The molecule has 0 saturated carbocycles. The first-order valence-electron chi connectivity index (χ1n) is 4.22. The molecule has 0 atom stereocenters. The molecular formula is C10H10BrF3O. The molecule has 0 radical (unpaired) electrons. The largest absolute Gasteiger partial charge is 0.416 e. The second-order valence-electron chi connectivity index (χ2n) is 3.75. The van der Waals surface area contributed by atoms with E-state index in [4.69, 9.17) is 0 Å². The lowest BCUT2D eigenvalue weighted by Crippen LogP contribution is -2.18. The Bertz CT molecular complexity index is 366. The highest BCUT2D eigenvalue weighted by Gasteiger charge is 2.32.